The summed E-state index contributed by atoms with van der Waals surface area (Å²) in [7, 11) is 0. The van der Waals surface area contributed by atoms with Gasteiger partial charge >= 0.3 is 5.97 Å². The Morgan fingerprint density at radius 1 is 1.36 bits per heavy atom. The minimum atomic E-state index is -0.0349. The molecule has 82 valence electrons. The quantitative estimate of drug-likeness (QED) is 0.704. The lowest BCUT2D eigenvalue weighted by atomic mass is 9.94. The normalized spacial score (nSPS) is 27.3. The van der Waals surface area contributed by atoms with Crippen LogP contribution in [0.3, 0.4) is 0 Å². The molecular formula is C11H21NO2. The number of unbranched alkanes of at least 4 members (excludes halogenated alkanes) is 1. The fraction of sp³-hybridized carbons (Fsp3) is 0.909. The van der Waals surface area contributed by atoms with Gasteiger partial charge in [0.25, 0.3) is 0 Å². The third-order valence-electron chi connectivity index (χ3n) is 2.75. The van der Waals surface area contributed by atoms with E-state index in [1.54, 1.807) is 0 Å². The lowest BCUT2D eigenvalue weighted by Crippen LogP contribution is -2.31. The molecule has 0 saturated heterocycles. The summed E-state index contributed by atoms with van der Waals surface area (Å²) in [4.78, 5) is 11.3. The molecule has 0 spiro atoms. The lowest BCUT2D eigenvalue weighted by molar-refractivity contribution is -0.150. The summed E-state index contributed by atoms with van der Waals surface area (Å²) in [5, 5.41) is 0. The van der Waals surface area contributed by atoms with Gasteiger partial charge in [-0.05, 0) is 32.1 Å². The van der Waals surface area contributed by atoms with Crippen molar-refractivity contribution in [3.63, 3.8) is 0 Å². The van der Waals surface area contributed by atoms with Gasteiger partial charge in [0.2, 0.25) is 0 Å². The van der Waals surface area contributed by atoms with Crippen molar-refractivity contribution >= 4 is 5.97 Å². The first-order valence-corrected chi connectivity index (χ1v) is 5.67. The zero-order valence-electron chi connectivity index (χ0n) is 9.00. The Morgan fingerprint density at radius 3 is 2.57 bits per heavy atom. The van der Waals surface area contributed by atoms with Crippen molar-refractivity contribution in [2.45, 2.75) is 64.0 Å². The maximum atomic E-state index is 11.3. The number of nitrogens with two attached hydrogens (primary N) is 1. The minimum absolute atomic E-state index is 0.0349. The fourth-order valence-corrected chi connectivity index (χ4v) is 1.77. The fourth-order valence-electron chi connectivity index (χ4n) is 1.77. The van der Waals surface area contributed by atoms with Crippen molar-refractivity contribution in [1.82, 2.24) is 0 Å². The number of esters is 1. The molecule has 0 aromatic carbocycles. The second kappa shape index (κ2) is 6.02. The highest BCUT2D eigenvalue weighted by molar-refractivity contribution is 5.69. The molecule has 1 aliphatic carbocycles. The Bertz CT molecular complexity index is 174. The average molecular weight is 199 g/mol. The van der Waals surface area contributed by atoms with E-state index in [-0.39, 0.29) is 12.1 Å². The first kappa shape index (κ1) is 11.5. The Morgan fingerprint density at radius 2 is 2.00 bits per heavy atom. The molecule has 1 aliphatic rings. The standard InChI is InChI=1S/C11H21NO2/c1-2-3-4-11(13)14-10-7-5-9(12)6-8-10/h9-10H,2-8,12H2,1H3. The van der Waals surface area contributed by atoms with E-state index in [1.165, 1.54) is 0 Å². The molecule has 1 fully saturated rings. The van der Waals surface area contributed by atoms with Crippen LogP contribution >= 0.6 is 0 Å². The molecule has 0 heterocycles. The van der Waals surface area contributed by atoms with Gasteiger partial charge in [-0.2, -0.15) is 0 Å². The highest BCUT2D eigenvalue weighted by Crippen LogP contribution is 2.20. The van der Waals surface area contributed by atoms with Crippen molar-refractivity contribution < 1.29 is 9.53 Å². The number of carbonyl (C=O) groups excluding carboxylic acids is 1. The first-order chi connectivity index (χ1) is 6.72. The predicted molar refractivity (Wildman–Crippen MR) is 55.8 cm³/mol. The molecular weight excluding hydrogens is 178 g/mol. The molecule has 0 bridgehead atoms. The molecule has 1 rings (SSSR count). The van der Waals surface area contributed by atoms with E-state index in [1.807, 2.05) is 0 Å². The van der Waals surface area contributed by atoms with Crippen molar-refractivity contribution in [3.8, 4) is 0 Å². The molecule has 0 aromatic heterocycles. The zero-order valence-corrected chi connectivity index (χ0v) is 9.00. The number of carbonyl (C=O) groups is 1. The van der Waals surface area contributed by atoms with Crippen LogP contribution in [-0.4, -0.2) is 18.1 Å². The summed E-state index contributed by atoms with van der Waals surface area (Å²) in [5.74, 6) is -0.0349. The predicted octanol–water partition coefficient (Wildman–Crippen LogP) is 1.99. The van der Waals surface area contributed by atoms with E-state index in [0.717, 1.165) is 38.5 Å². The van der Waals surface area contributed by atoms with Crippen LogP contribution in [0.4, 0.5) is 0 Å². The van der Waals surface area contributed by atoms with Crippen molar-refractivity contribution in [3.05, 3.63) is 0 Å². The molecule has 0 amide bonds. The molecule has 0 unspecified atom stereocenters. The van der Waals surface area contributed by atoms with Crippen LogP contribution in [0.25, 0.3) is 0 Å². The third kappa shape index (κ3) is 4.09. The van der Waals surface area contributed by atoms with Gasteiger partial charge in [0.15, 0.2) is 0 Å². The number of hydrogen-bond donors (Lipinski definition) is 1. The molecule has 0 radical (unpaired) electrons. The van der Waals surface area contributed by atoms with Crippen LogP contribution in [0.1, 0.15) is 51.9 Å². The average Bonchev–Trinajstić information content (AvgIpc) is 2.18. The molecule has 2 N–H and O–H groups in total. The van der Waals surface area contributed by atoms with E-state index < -0.39 is 0 Å². The molecule has 1 saturated carbocycles. The van der Waals surface area contributed by atoms with Crippen LogP contribution < -0.4 is 5.73 Å². The van der Waals surface area contributed by atoms with Gasteiger partial charge in [-0.3, -0.25) is 4.79 Å². The van der Waals surface area contributed by atoms with E-state index in [0.29, 0.717) is 12.5 Å². The molecule has 3 heteroatoms. The number of hydrogen-bond acceptors (Lipinski definition) is 3. The third-order valence-corrected chi connectivity index (χ3v) is 2.75. The Kier molecular flexibility index (Phi) is 4.94. The highest BCUT2D eigenvalue weighted by Gasteiger charge is 2.21. The van der Waals surface area contributed by atoms with E-state index in [9.17, 15) is 4.79 Å². The molecule has 3 nitrogen and oxygen atoms in total. The Balaban J connectivity index is 2.14. The smallest absolute Gasteiger partial charge is 0.306 e. The van der Waals surface area contributed by atoms with Crippen LogP contribution in [-0.2, 0) is 9.53 Å². The highest BCUT2D eigenvalue weighted by atomic mass is 16.5. The summed E-state index contributed by atoms with van der Waals surface area (Å²) in [6, 6.07) is 0.320. The summed E-state index contributed by atoms with van der Waals surface area (Å²) < 4.78 is 5.35. The van der Waals surface area contributed by atoms with Gasteiger partial charge in [0, 0.05) is 12.5 Å². The van der Waals surface area contributed by atoms with Gasteiger partial charge in [-0.15, -0.1) is 0 Å². The molecule has 0 aromatic rings. The summed E-state index contributed by atoms with van der Waals surface area (Å²) >= 11 is 0. The maximum Gasteiger partial charge on any atom is 0.306 e. The Hall–Kier alpha value is -0.570. The largest absolute Gasteiger partial charge is 0.462 e. The SMILES string of the molecule is CCCCC(=O)OC1CCC(N)CC1. The van der Waals surface area contributed by atoms with Gasteiger partial charge in [0.05, 0.1) is 0 Å². The van der Waals surface area contributed by atoms with Crippen molar-refractivity contribution in [1.29, 1.82) is 0 Å². The van der Waals surface area contributed by atoms with E-state index in [4.69, 9.17) is 10.5 Å². The zero-order chi connectivity index (χ0) is 10.4. The summed E-state index contributed by atoms with van der Waals surface area (Å²) in [5.41, 5.74) is 5.77. The number of rotatable bonds is 4. The monoisotopic (exact) mass is 199 g/mol. The van der Waals surface area contributed by atoms with Crippen LogP contribution in [0.5, 0.6) is 0 Å². The Labute approximate surface area is 86.0 Å². The maximum absolute atomic E-state index is 11.3. The van der Waals surface area contributed by atoms with Gasteiger partial charge in [-0.1, -0.05) is 13.3 Å². The second-order valence-electron chi connectivity index (χ2n) is 4.13. The van der Waals surface area contributed by atoms with Crippen LogP contribution in [0, 0.1) is 0 Å². The molecule has 14 heavy (non-hydrogen) atoms. The molecule has 0 atom stereocenters. The van der Waals surface area contributed by atoms with Crippen molar-refractivity contribution in [2.75, 3.05) is 0 Å². The van der Waals surface area contributed by atoms with Crippen LogP contribution in [0.15, 0.2) is 0 Å². The van der Waals surface area contributed by atoms with E-state index in [2.05, 4.69) is 6.92 Å². The topological polar surface area (TPSA) is 52.3 Å². The lowest BCUT2D eigenvalue weighted by Gasteiger charge is -2.25. The summed E-state index contributed by atoms with van der Waals surface area (Å²) in [6.07, 6.45) is 6.56. The second-order valence-corrected chi connectivity index (χ2v) is 4.13. The van der Waals surface area contributed by atoms with Gasteiger partial charge < -0.3 is 10.5 Å². The number of ether oxygens (including phenoxy) is 1. The van der Waals surface area contributed by atoms with Crippen molar-refractivity contribution in [2.24, 2.45) is 5.73 Å². The van der Waals surface area contributed by atoms with Crippen LogP contribution in [0.2, 0.25) is 0 Å². The van der Waals surface area contributed by atoms with E-state index >= 15 is 0 Å². The summed E-state index contributed by atoms with van der Waals surface area (Å²) in [6.45, 7) is 2.08. The molecule has 0 aliphatic heterocycles. The van der Waals surface area contributed by atoms with Gasteiger partial charge in [-0.25, -0.2) is 0 Å². The van der Waals surface area contributed by atoms with Gasteiger partial charge in [0.1, 0.15) is 6.10 Å². The minimum Gasteiger partial charge on any atom is -0.462 e. The first-order valence-electron chi connectivity index (χ1n) is 5.67.